The predicted octanol–water partition coefficient (Wildman–Crippen LogP) is 3.44. The molecule has 1 atom stereocenters. The van der Waals surface area contributed by atoms with Gasteiger partial charge in [-0.15, -0.1) is 0 Å². The molecule has 178 valence electrons. The monoisotopic (exact) mass is 481 g/mol. The van der Waals surface area contributed by atoms with Gasteiger partial charge < -0.3 is 14.5 Å². The van der Waals surface area contributed by atoms with Gasteiger partial charge in [-0.05, 0) is 49.2 Å². The van der Waals surface area contributed by atoms with Crippen LogP contribution in [0.4, 0.5) is 0 Å². The number of piperidine rings is 1. The van der Waals surface area contributed by atoms with E-state index in [1.54, 1.807) is 46.2 Å². The largest absolute Gasteiger partial charge is 0.353 e. The van der Waals surface area contributed by atoms with E-state index in [0.29, 0.717) is 42.1 Å². The van der Waals surface area contributed by atoms with Crippen molar-refractivity contribution in [2.75, 3.05) is 32.8 Å². The van der Waals surface area contributed by atoms with Crippen LogP contribution in [0.15, 0.2) is 54.6 Å². The zero-order valence-electron chi connectivity index (χ0n) is 19.0. The fourth-order valence-electron chi connectivity index (χ4n) is 5.26. The fraction of sp³-hybridized carbons (Fsp3) is 0.423. The number of carbonyl (C=O) groups is 3. The van der Waals surface area contributed by atoms with E-state index in [9.17, 15) is 14.4 Å². The zero-order valence-corrected chi connectivity index (χ0v) is 19.7. The van der Waals surface area contributed by atoms with E-state index in [1.807, 2.05) is 23.1 Å². The van der Waals surface area contributed by atoms with Crippen LogP contribution in [0.2, 0.25) is 5.02 Å². The van der Waals surface area contributed by atoms with Gasteiger partial charge >= 0.3 is 0 Å². The van der Waals surface area contributed by atoms with Gasteiger partial charge in [-0.25, -0.2) is 0 Å². The molecular formula is C26H28ClN3O4. The molecule has 3 heterocycles. The van der Waals surface area contributed by atoms with Crippen molar-refractivity contribution in [1.82, 2.24) is 14.7 Å². The second-order valence-electron chi connectivity index (χ2n) is 9.15. The first-order valence-electron chi connectivity index (χ1n) is 11.8. The standard InChI is InChI=1S/C26H28ClN3O4/c27-21-10-8-20(9-11-21)23(31)29-16-12-26(13-17-29)30(24(32)19-6-2-1-3-7-19)22(18-34-26)25(33)28-14-4-5-15-28/h1-3,6-11,22H,4-5,12-18H2. The Hall–Kier alpha value is -2.90. The van der Waals surface area contributed by atoms with Crippen LogP contribution in [0.5, 0.6) is 0 Å². The summed E-state index contributed by atoms with van der Waals surface area (Å²) in [7, 11) is 0. The summed E-state index contributed by atoms with van der Waals surface area (Å²) >= 11 is 5.96. The normalized spacial score (nSPS) is 21.8. The molecule has 2 aromatic rings. The van der Waals surface area contributed by atoms with E-state index in [1.165, 1.54) is 0 Å². The average Bonchev–Trinajstić information content (AvgIpc) is 3.53. The molecule has 7 nitrogen and oxygen atoms in total. The minimum Gasteiger partial charge on any atom is -0.353 e. The number of halogens is 1. The van der Waals surface area contributed by atoms with Crippen molar-refractivity contribution in [3.63, 3.8) is 0 Å². The summed E-state index contributed by atoms with van der Waals surface area (Å²) in [6.07, 6.45) is 2.88. The molecule has 3 amide bonds. The van der Waals surface area contributed by atoms with Crippen molar-refractivity contribution in [2.45, 2.75) is 37.5 Å². The lowest BCUT2D eigenvalue weighted by molar-refractivity contribution is -0.136. The lowest BCUT2D eigenvalue weighted by atomic mass is 9.96. The third kappa shape index (κ3) is 4.18. The Balaban J connectivity index is 1.38. The van der Waals surface area contributed by atoms with Crippen LogP contribution in [0.3, 0.4) is 0 Å². The van der Waals surface area contributed by atoms with Crippen LogP contribution in [-0.2, 0) is 9.53 Å². The molecule has 0 aromatic heterocycles. The Bertz CT molecular complexity index is 1060. The number of hydrogen-bond acceptors (Lipinski definition) is 4. The first kappa shape index (κ1) is 22.9. The molecule has 3 aliphatic heterocycles. The number of likely N-dealkylation sites (tertiary alicyclic amines) is 2. The molecule has 3 aliphatic rings. The van der Waals surface area contributed by atoms with Gasteiger partial charge in [0, 0.05) is 55.2 Å². The van der Waals surface area contributed by atoms with Gasteiger partial charge in [-0.2, -0.15) is 0 Å². The highest BCUT2D eigenvalue weighted by Gasteiger charge is 2.55. The van der Waals surface area contributed by atoms with Gasteiger partial charge in [0.15, 0.2) is 0 Å². The summed E-state index contributed by atoms with van der Waals surface area (Å²) in [5, 5.41) is 0.581. The molecule has 0 saturated carbocycles. The Kier molecular flexibility index (Phi) is 6.32. The molecule has 8 heteroatoms. The molecule has 2 aromatic carbocycles. The van der Waals surface area contributed by atoms with Gasteiger partial charge in [-0.1, -0.05) is 29.8 Å². The van der Waals surface area contributed by atoms with Gasteiger partial charge in [0.05, 0.1) is 6.61 Å². The van der Waals surface area contributed by atoms with Crippen molar-refractivity contribution in [3.05, 3.63) is 70.7 Å². The maximum atomic E-state index is 13.7. The number of rotatable bonds is 3. The van der Waals surface area contributed by atoms with Gasteiger partial charge in [-0.3, -0.25) is 19.3 Å². The van der Waals surface area contributed by atoms with Crippen molar-refractivity contribution in [1.29, 1.82) is 0 Å². The molecule has 0 radical (unpaired) electrons. The molecule has 1 unspecified atom stereocenters. The van der Waals surface area contributed by atoms with Crippen LogP contribution in [0, 0.1) is 0 Å². The van der Waals surface area contributed by atoms with E-state index in [-0.39, 0.29) is 24.3 Å². The molecule has 5 rings (SSSR count). The second kappa shape index (κ2) is 9.39. The van der Waals surface area contributed by atoms with Crippen LogP contribution in [0.1, 0.15) is 46.4 Å². The minimum absolute atomic E-state index is 0.0432. The van der Waals surface area contributed by atoms with Crippen LogP contribution >= 0.6 is 11.6 Å². The maximum Gasteiger partial charge on any atom is 0.256 e. The Morgan fingerprint density at radius 2 is 1.41 bits per heavy atom. The van der Waals surface area contributed by atoms with Crippen LogP contribution in [0.25, 0.3) is 0 Å². The predicted molar refractivity (Wildman–Crippen MR) is 127 cm³/mol. The van der Waals surface area contributed by atoms with E-state index in [2.05, 4.69) is 0 Å². The number of nitrogens with zero attached hydrogens (tertiary/aromatic N) is 3. The number of ether oxygens (including phenoxy) is 1. The van der Waals surface area contributed by atoms with E-state index >= 15 is 0 Å². The van der Waals surface area contributed by atoms with Crippen molar-refractivity contribution >= 4 is 29.3 Å². The first-order valence-corrected chi connectivity index (χ1v) is 12.2. The zero-order chi connectivity index (χ0) is 23.7. The second-order valence-corrected chi connectivity index (χ2v) is 9.58. The number of amides is 3. The lowest BCUT2D eigenvalue weighted by Gasteiger charge is -2.44. The summed E-state index contributed by atoms with van der Waals surface area (Å²) in [5.74, 6) is -0.318. The van der Waals surface area contributed by atoms with Gasteiger partial charge in [0.1, 0.15) is 11.8 Å². The molecule has 1 spiro atoms. The molecule has 0 aliphatic carbocycles. The molecule has 0 bridgehead atoms. The molecular weight excluding hydrogens is 454 g/mol. The third-order valence-corrected chi connectivity index (χ3v) is 7.38. The van der Waals surface area contributed by atoms with Crippen molar-refractivity contribution in [3.8, 4) is 0 Å². The summed E-state index contributed by atoms with van der Waals surface area (Å²) in [4.78, 5) is 45.4. The fourth-order valence-corrected chi connectivity index (χ4v) is 5.38. The summed E-state index contributed by atoms with van der Waals surface area (Å²) in [6.45, 7) is 2.49. The Morgan fingerprint density at radius 3 is 2.06 bits per heavy atom. The van der Waals surface area contributed by atoms with Crippen molar-refractivity contribution < 1.29 is 19.1 Å². The summed E-state index contributed by atoms with van der Waals surface area (Å²) in [5.41, 5.74) is 0.210. The maximum absolute atomic E-state index is 13.7. The molecule has 3 fully saturated rings. The molecule has 34 heavy (non-hydrogen) atoms. The Morgan fingerprint density at radius 1 is 0.794 bits per heavy atom. The molecule has 3 saturated heterocycles. The quantitative estimate of drug-likeness (QED) is 0.673. The number of benzene rings is 2. The van der Waals surface area contributed by atoms with Crippen LogP contribution in [-0.4, -0.2) is 77.0 Å². The first-order chi connectivity index (χ1) is 16.5. The van der Waals surface area contributed by atoms with Crippen molar-refractivity contribution in [2.24, 2.45) is 0 Å². The highest BCUT2D eigenvalue weighted by molar-refractivity contribution is 6.30. The number of carbonyl (C=O) groups excluding carboxylic acids is 3. The minimum atomic E-state index is -0.899. The summed E-state index contributed by atoms with van der Waals surface area (Å²) < 4.78 is 6.28. The smallest absolute Gasteiger partial charge is 0.256 e. The average molecular weight is 482 g/mol. The van der Waals surface area contributed by atoms with Gasteiger partial charge in [0.25, 0.3) is 11.8 Å². The Labute approximate surface area is 204 Å². The highest BCUT2D eigenvalue weighted by Crippen LogP contribution is 2.39. The highest BCUT2D eigenvalue weighted by atomic mass is 35.5. The van der Waals surface area contributed by atoms with Gasteiger partial charge in [0.2, 0.25) is 5.91 Å². The van der Waals surface area contributed by atoms with E-state index in [4.69, 9.17) is 16.3 Å². The molecule has 0 N–H and O–H groups in total. The topological polar surface area (TPSA) is 70.2 Å². The van der Waals surface area contributed by atoms with E-state index < -0.39 is 11.8 Å². The SMILES string of the molecule is O=C(c1ccc(Cl)cc1)N1CCC2(CC1)OCC(C(=O)N1CCCC1)N2C(=O)c1ccccc1. The van der Waals surface area contributed by atoms with Crippen LogP contribution < -0.4 is 0 Å². The third-order valence-electron chi connectivity index (χ3n) is 7.13. The lowest BCUT2D eigenvalue weighted by Crippen LogP contribution is -2.60. The summed E-state index contributed by atoms with van der Waals surface area (Å²) in [6, 6.07) is 15.2. The number of hydrogen-bond donors (Lipinski definition) is 0. The van der Waals surface area contributed by atoms with E-state index in [0.717, 1.165) is 25.9 Å².